The third-order valence-corrected chi connectivity index (χ3v) is 8.33. The predicted octanol–water partition coefficient (Wildman–Crippen LogP) is 11.0. The van der Waals surface area contributed by atoms with Crippen molar-refractivity contribution < 1.29 is 4.42 Å². The van der Waals surface area contributed by atoms with Gasteiger partial charge in [0.1, 0.15) is 5.58 Å². The Morgan fingerprint density at radius 3 is 1.41 bits per heavy atom. The Bertz CT molecular complexity index is 2070. The molecule has 6 aromatic carbocycles. The van der Waals surface area contributed by atoms with E-state index in [2.05, 4.69) is 162 Å². The van der Waals surface area contributed by atoms with Gasteiger partial charge < -0.3 is 14.6 Å². The summed E-state index contributed by atoms with van der Waals surface area (Å²) in [7, 11) is 0. The minimum absolute atomic E-state index is 0.719. The lowest BCUT2D eigenvalue weighted by Crippen LogP contribution is -2.20. The first-order valence-electron chi connectivity index (χ1n) is 15.0. The first-order chi connectivity index (χ1) is 21.8. The molecule has 2 heterocycles. The van der Waals surface area contributed by atoms with Gasteiger partial charge in [0.05, 0.1) is 11.4 Å². The summed E-state index contributed by atoms with van der Waals surface area (Å²) >= 11 is 0. The van der Waals surface area contributed by atoms with Crippen LogP contribution in [0.3, 0.4) is 0 Å². The zero-order valence-corrected chi connectivity index (χ0v) is 24.2. The summed E-state index contributed by atoms with van der Waals surface area (Å²) in [5.41, 5.74) is 12.3. The van der Waals surface area contributed by atoms with Crippen molar-refractivity contribution in [1.82, 2.24) is 0 Å². The van der Waals surface area contributed by atoms with Crippen LogP contribution in [-0.4, -0.2) is 6.54 Å². The number of benzene rings is 6. The van der Waals surface area contributed by atoms with E-state index in [0.29, 0.717) is 0 Å². The van der Waals surface area contributed by atoms with Gasteiger partial charge in [0.2, 0.25) is 0 Å². The molecule has 0 spiro atoms. The molecule has 0 aliphatic carbocycles. The molecule has 1 aliphatic rings. The van der Waals surface area contributed by atoms with Crippen LogP contribution in [-0.2, 0) is 0 Å². The summed E-state index contributed by atoms with van der Waals surface area (Å²) in [5.74, 6) is 0.852. The average Bonchev–Trinajstić information content (AvgIpc) is 3.50. The molecule has 7 aromatic rings. The van der Waals surface area contributed by atoms with E-state index in [-0.39, 0.29) is 0 Å². The van der Waals surface area contributed by atoms with Crippen molar-refractivity contribution in [1.29, 1.82) is 0 Å². The molecule has 44 heavy (non-hydrogen) atoms. The fourth-order valence-electron chi connectivity index (χ4n) is 6.09. The van der Waals surface area contributed by atoms with E-state index in [9.17, 15) is 0 Å². The molecule has 0 bridgehead atoms. The van der Waals surface area contributed by atoms with Crippen molar-refractivity contribution in [3.8, 4) is 33.4 Å². The van der Waals surface area contributed by atoms with Gasteiger partial charge in [-0.05, 0) is 75.9 Å². The SMILES string of the molecule is C1=C(N(c2ccc(-c3ccccc3)cc2)c2ccc(-c3ccc(-c4ccccc4)cc3)cc2)c2oc3ccccc3c2NC1. The van der Waals surface area contributed by atoms with Gasteiger partial charge in [-0.2, -0.15) is 0 Å². The van der Waals surface area contributed by atoms with Crippen LogP contribution in [0.25, 0.3) is 50.0 Å². The van der Waals surface area contributed by atoms with Gasteiger partial charge in [0.15, 0.2) is 5.76 Å². The Balaban J connectivity index is 1.18. The Morgan fingerprint density at radius 1 is 0.455 bits per heavy atom. The number of hydrogen-bond donors (Lipinski definition) is 1. The van der Waals surface area contributed by atoms with Gasteiger partial charge in [-0.25, -0.2) is 0 Å². The first-order valence-corrected chi connectivity index (χ1v) is 15.0. The molecule has 0 fully saturated rings. The Kier molecular flexibility index (Phi) is 6.54. The number of hydrogen-bond acceptors (Lipinski definition) is 3. The molecule has 1 aromatic heterocycles. The molecule has 0 saturated heterocycles. The lowest BCUT2D eigenvalue weighted by Gasteiger charge is -2.29. The van der Waals surface area contributed by atoms with Crippen LogP contribution in [0.5, 0.6) is 0 Å². The van der Waals surface area contributed by atoms with Crippen molar-refractivity contribution in [2.75, 3.05) is 16.8 Å². The van der Waals surface area contributed by atoms with Gasteiger partial charge in [-0.15, -0.1) is 0 Å². The molecule has 1 aliphatic heterocycles. The summed E-state index contributed by atoms with van der Waals surface area (Å²) < 4.78 is 6.49. The second-order valence-electron chi connectivity index (χ2n) is 11.0. The largest absolute Gasteiger partial charge is 0.452 e. The highest BCUT2D eigenvalue weighted by Crippen LogP contribution is 2.44. The molecule has 0 radical (unpaired) electrons. The Labute approximate surface area is 257 Å². The highest BCUT2D eigenvalue weighted by molar-refractivity contribution is 6.02. The quantitative estimate of drug-likeness (QED) is 0.217. The smallest absolute Gasteiger partial charge is 0.175 e. The van der Waals surface area contributed by atoms with E-state index < -0.39 is 0 Å². The Hall–Kier alpha value is -5.80. The Morgan fingerprint density at radius 2 is 0.886 bits per heavy atom. The number of fused-ring (bicyclic) bond motifs is 3. The summed E-state index contributed by atoms with van der Waals surface area (Å²) in [6.45, 7) is 0.719. The predicted molar refractivity (Wildman–Crippen MR) is 184 cm³/mol. The van der Waals surface area contributed by atoms with Crippen LogP contribution >= 0.6 is 0 Å². The number of furan rings is 1. The van der Waals surface area contributed by atoms with Crippen LogP contribution in [0.2, 0.25) is 0 Å². The van der Waals surface area contributed by atoms with E-state index in [0.717, 1.165) is 46.0 Å². The van der Waals surface area contributed by atoms with Crippen molar-refractivity contribution in [2.24, 2.45) is 0 Å². The summed E-state index contributed by atoms with van der Waals surface area (Å²) in [6.07, 6.45) is 2.21. The number of nitrogens with one attached hydrogen (secondary N) is 1. The standard InChI is InChI=1S/C41H30N2O/c1-3-9-29(10-4-1)31-15-17-32(18-16-31)34-21-25-36(26-22-34)43(35-23-19-33(20-24-35)30-11-5-2-6-12-30)38-27-28-42-40-37-13-7-8-14-39(37)44-41(38)40/h1-27,42H,28H2. The number of anilines is 3. The van der Waals surface area contributed by atoms with Crippen molar-refractivity contribution in [3.05, 3.63) is 170 Å². The van der Waals surface area contributed by atoms with Crippen LogP contribution in [0.4, 0.5) is 17.1 Å². The third-order valence-electron chi connectivity index (χ3n) is 8.33. The van der Waals surface area contributed by atoms with Crippen molar-refractivity contribution >= 4 is 33.7 Å². The lowest BCUT2D eigenvalue weighted by molar-refractivity contribution is 0.597. The van der Waals surface area contributed by atoms with Gasteiger partial charge in [-0.3, -0.25) is 0 Å². The van der Waals surface area contributed by atoms with Gasteiger partial charge in [0, 0.05) is 23.3 Å². The summed E-state index contributed by atoms with van der Waals surface area (Å²) in [5, 5.41) is 4.65. The minimum atomic E-state index is 0.719. The molecular weight excluding hydrogens is 536 g/mol. The molecule has 0 unspecified atom stereocenters. The van der Waals surface area contributed by atoms with Crippen LogP contribution < -0.4 is 10.2 Å². The average molecular weight is 567 g/mol. The fourth-order valence-corrected chi connectivity index (χ4v) is 6.09. The lowest BCUT2D eigenvalue weighted by atomic mass is 10.00. The molecule has 1 N–H and O–H groups in total. The van der Waals surface area contributed by atoms with Gasteiger partial charge in [-0.1, -0.05) is 121 Å². The second-order valence-corrected chi connectivity index (χ2v) is 11.0. The first kappa shape index (κ1) is 25.9. The van der Waals surface area contributed by atoms with Gasteiger partial charge in [0.25, 0.3) is 0 Å². The zero-order valence-electron chi connectivity index (χ0n) is 24.2. The fraction of sp³-hybridized carbons (Fsp3) is 0.0244. The summed E-state index contributed by atoms with van der Waals surface area (Å²) in [6, 6.07) is 55.6. The van der Waals surface area contributed by atoms with Crippen LogP contribution in [0, 0.1) is 0 Å². The molecule has 3 nitrogen and oxygen atoms in total. The molecule has 0 amide bonds. The van der Waals surface area contributed by atoms with E-state index in [1.807, 2.05) is 12.1 Å². The summed E-state index contributed by atoms with van der Waals surface area (Å²) in [4.78, 5) is 2.30. The monoisotopic (exact) mass is 566 g/mol. The number of para-hydroxylation sites is 1. The molecule has 8 rings (SSSR count). The normalized spacial score (nSPS) is 12.3. The molecule has 210 valence electrons. The molecular formula is C41H30N2O. The van der Waals surface area contributed by atoms with E-state index in [1.165, 1.54) is 33.4 Å². The second kappa shape index (κ2) is 11.1. The highest BCUT2D eigenvalue weighted by atomic mass is 16.3. The highest BCUT2D eigenvalue weighted by Gasteiger charge is 2.26. The molecule has 0 saturated carbocycles. The van der Waals surface area contributed by atoms with E-state index in [4.69, 9.17) is 4.42 Å². The topological polar surface area (TPSA) is 28.4 Å². The van der Waals surface area contributed by atoms with Crippen LogP contribution in [0.1, 0.15) is 5.76 Å². The van der Waals surface area contributed by atoms with E-state index >= 15 is 0 Å². The maximum Gasteiger partial charge on any atom is 0.175 e. The number of nitrogens with zero attached hydrogens (tertiary/aromatic N) is 1. The van der Waals surface area contributed by atoms with E-state index in [1.54, 1.807) is 0 Å². The molecule has 0 atom stereocenters. The van der Waals surface area contributed by atoms with Gasteiger partial charge >= 0.3 is 0 Å². The van der Waals surface area contributed by atoms with Crippen molar-refractivity contribution in [2.45, 2.75) is 0 Å². The molecule has 3 heteroatoms. The zero-order chi connectivity index (χ0) is 29.3. The number of rotatable bonds is 6. The third kappa shape index (κ3) is 4.75. The van der Waals surface area contributed by atoms with Crippen molar-refractivity contribution in [3.63, 3.8) is 0 Å². The maximum absolute atomic E-state index is 6.49. The minimum Gasteiger partial charge on any atom is -0.452 e. The van der Waals surface area contributed by atoms with Crippen LogP contribution in [0.15, 0.2) is 168 Å². The maximum atomic E-state index is 6.49.